The summed E-state index contributed by atoms with van der Waals surface area (Å²) in [4.78, 5) is 12.5. The SMILES string of the molecule is C=CCCc1ccc(C(=O)Oc2ccc3c(c2F)C(F)C(F)c2c-3ccc(OCC)c2F)cc1F. The Morgan fingerprint density at radius 2 is 1.54 bits per heavy atom. The lowest BCUT2D eigenvalue weighted by Gasteiger charge is -2.28. The molecule has 0 bridgehead atoms. The molecule has 0 aliphatic heterocycles. The summed E-state index contributed by atoms with van der Waals surface area (Å²) in [5.41, 5.74) is -1.17. The van der Waals surface area contributed by atoms with Crippen LogP contribution in [0.5, 0.6) is 11.5 Å². The van der Waals surface area contributed by atoms with E-state index in [9.17, 15) is 18.0 Å². The van der Waals surface area contributed by atoms with Crippen molar-refractivity contribution in [2.24, 2.45) is 0 Å². The second kappa shape index (κ2) is 9.90. The normalized spacial score (nSPS) is 16.3. The van der Waals surface area contributed by atoms with E-state index in [-0.39, 0.29) is 29.0 Å². The summed E-state index contributed by atoms with van der Waals surface area (Å²) < 4.78 is 84.4. The van der Waals surface area contributed by atoms with Gasteiger partial charge in [0.05, 0.1) is 12.2 Å². The number of fused-ring (bicyclic) bond motifs is 3. The fraction of sp³-hybridized carbons (Fsp3) is 0.222. The third-order valence-corrected chi connectivity index (χ3v) is 5.80. The molecule has 1 aliphatic carbocycles. The van der Waals surface area contributed by atoms with E-state index in [1.165, 1.54) is 30.3 Å². The van der Waals surface area contributed by atoms with Gasteiger partial charge in [0.15, 0.2) is 35.5 Å². The molecule has 2 atom stereocenters. The monoisotopic (exact) mass is 488 g/mol. The highest BCUT2D eigenvalue weighted by atomic mass is 19.2. The number of benzene rings is 3. The number of hydrogen-bond acceptors (Lipinski definition) is 3. The molecule has 8 heteroatoms. The van der Waals surface area contributed by atoms with Crippen molar-refractivity contribution in [3.8, 4) is 22.6 Å². The minimum atomic E-state index is -2.55. The molecule has 0 spiro atoms. The van der Waals surface area contributed by atoms with Crippen molar-refractivity contribution in [3.05, 3.63) is 94.8 Å². The zero-order chi connectivity index (χ0) is 25.3. The Labute approximate surface area is 198 Å². The summed E-state index contributed by atoms with van der Waals surface area (Å²) in [5, 5.41) is 0. The molecule has 0 N–H and O–H groups in total. The fourth-order valence-electron chi connectivity index (χ4n) is 4.09. The number of halogens is 5. The average Bonchev–Trinajstić information content (AvgIpc) is 2.84. The highest BCUT2D eigenvalue weighted by Gasteiger charge is 2.40. The van der Waals surface area contributed by atoms with Gasteiger partial charge in [-0.2, -0.15) is 0 Å². The van der Waals surface area contributed by atoms with Gasteiger partial charge < -0.3 is 9.47 Å². The van der Waals surface area contributed by atoms with Crippen molar-refractivity contribution in [2.45, 2.75) is 32.1 Å². The maximum atomic E-state index is 15.2. The third kappa shape index (κ3) is 4.40. The lowest BCUT2D eigenvalue weighted by molar-refractivity contribution is 0.0725. The molecule has 0 saturated heterocycles. The van der Waals surface area contributed by atoms with Crippen molar-refractivity contribution in [1.29, 1.82) is 0 Å². The number of hydrogen-bond donors (Lipinski definition) is 0. The molecule has 1 aliphatic rings. The van der Waals surface area contributed by atoms with Gasteiger partial charge in [0.25, 0.3) is 0 Å². The number of ether oxygens (including phenoxy) is 2. The van der Waals surface area contributed by atoms with Crippen LogP contribution in [0.4, 0.5) is 22.0 Å². The molecule has 4 rings (SSSR count). The molecule has 0 amide bonds. The number of carbonyl (C=O) groups is 1. The number of aryl methyl sites for hydroxylation is 1. The van der Waals surface area contributed by atoms with E-state index < -0.39 is 52.6 Å². The summed E-state index contributed by atoms with van der Waals surface area (Å²) in [6.07, 6.45) is -2.49. The molecule has 182 valence electrons. The predicted molar refractivity (Wildman–Crippen MR) is 121 cm³/mol. The van der Waals surface area contributed by atoms with E-state index in [1.54, 1.807) is 13.0 Å². The first-order valence-corrected chi connectivity index (χ1v) is 11.0. The van der Waals surface area contributed by atoms with Crippen molar-refractivity contribution >= 4 is 5.97 Å². The zero-order valence-electron chi connectivity index (χ0n) is 18.7. The quantitative estimate of drug-likeness (QED) is 0.149. The van der Waals surface area contributed by atoms with E-state index in [1.807, 2.05) is 0 Å². The van der Waals surface area contributed by atoms with Gasteiger partial charge in [-0.1, -0.05) is 24.3 Å². The van der Waals surface area contributed by atoms with Crippen LogP contribution < -0.4 is 9.47 Å². The van der Waals surface area contributed by atoms with E-state index in [2.05, 4.69) is 6.58 Å². The van der Waals surface area contributed by atoms with Gasteiger partial charge in [-0.05, 0) is 60.7 Å². The van der Waals surface area contributed by atoms with Crippen LogP contribution >= 0.6 is 0 Å². The lowest BCUT2D eigenvalue weighted by Crippen LogP contribution is -2.17. The molecule has 0 saturated carbocycles. The number of alkyl halides is 2. The van der Waals surface area contributed by atoms with E-state index in [0.29, 0.717) is 18.4 Å². The first kappa shape index (κ1) is 24.4. The van der Waals surface area contributed by atoms with E-state index >= 15 is 8.78 Å². The number of esters is 1. The van der Waals surface area contributed by atoms with Crippen LogP contribution in [0.3, 0.4) is 0 Å². The standard InChI is InChI=1S/C27H21F5O3/c1-3-5-6-14-7-8-15(13-18(14)28)27(33)35-20-12-10-17-16-9-11-19(34-4-2)23(29)21(16)25(31)26(32)22(17)24(20)30/h3,7-13,25-26H,1,4-6H2,2H3. The second-order valence-corrected chi connectivity index (χ2v) is 7.94. The Morgan fingerprint density at radius 3 is 2.11 bits per heavy atom. The maximum Gasteiger partial charge on any atom is 0.343 e. The minimum Gasteiger partial charge on any atom is -0.491 e. The summed E-state index contributed by atoms with van der Waals surface area (Å²) in [6.45, 7) is 5.30. The van der Waals surface area contributed by atoms with Crippen LogP contribution in [-0.4, -0.2) is 12.6 Å². The number of rotatable bonds is 7. The lowest BCUT2D eigenvalue weighted by atomic mass is 9.82. The molecule has 3 aromatic rings. The van der Waals surface area contributed by atoms with Crippen LogP contribution in [0.15, 0.2) is 55.1 Å². The van der Waals surface area contributed by atoms with Crippen LogP contribution in [-0.2, 0) is 6.42 Å². The Kier molecular flexibility index (Phi) is 6.91. The summed E-state index contributed by atoms with van der Waals surface area (Å²) in [7, 11) is 0. The van der Waals surface area contributed by atoms with Gasteiger partial charge in [0, 0.05) is 11.1 Å². The topological polar surface area (TPSA) is 35.5 Å². The van der Waals surface area contributed by atoms with Crippen molar-refractivity contribution < 1.29 is 36.2 Å². The van der Waals surface area contributed by atoms with Gasteiger partial charge in [0.1, 0.15) is 5.82 Å². The van der Waals surface area contributed by atoms with Crippen molar-refractivity contribution in [3.63, 3.8) is 0 Å². The molecule has 3 aromatic carbocycles. The van der Waals surface area contributed by atoms with Crippen LogP contribution in [0.1, 0.15) is 52.7 Å². The summed E-state index contributed by atoms with van der Waals surface area (Å²) >= 11 is 0. The molecule has 0 aromatic heterocycles. The Bertz CT molecular complexity index is 1300. The smallest absolute Gasteiger partial charge is 0.343 e. The fourth-order valence-corrected chi connectivity index (χ4v) is 4.09. The highest BCUT2D eigenvalue weighted by molar-refractivity contribution is 5.91. The van der Waals surface area contributed by atoms with Crippen molar-refractivity contribution in [1.82, 2.24) is 0 Å². The first-order valence-electron chi connectivity index (χ1n) is 11.0. The molecule has 0 fully saturated rings. The maximum absolute atomic E-state index is 15.2. The third-order valence-electron chi connectivity index (χ3n) is 5.80. The van der Waals surface area contributed by atoms with Crippen LogP contribution in [0.2, 0.25) is 0 Å². The van der Waals surface area contributed by atoms with Gasteiger partial charge in [0.2, 0.25) is 0 Å². The molecule has 3 nitrogen and oxygen atoms in total. The average molecular weight is 488 g/mol. The Balaban J connectivity index is 1.68. The molecule has 2 unspecified atom stereocenters. The largest absolute Gasteiger partial charge is 0.491 e. The van der Waals surface area contributed by atoms with Crippen molar-refractivity contribution in [2.75, 3.05) is 6.61 Å². The van der Waals surface area contributed by atoms with E-state index in [0.717, 1.165) is 12.1 Å². The molecular formula is C27H21F5O3. The first-order chi connectivity index (χ1) is 16.8. The van der Waals surface area contributed by atoms with Gasteiger partial charge in [-0.15, -0.1) is 6.58 Å². The number of allylic oxidation sites excluding steroid dienone is 1. The highest BCUT2D eigenvalue weighted by Crippen LogP contribution is 2.52. The Hall–Kier alpha value is -3.68. The summed E-state index contributed by atoms with van der Waals surface area (Å²) in [5.74, 6) is -4.96. The Morgan fingerprint density at radius 1 is 0.943 bits per heavy atom. The van der Waals surface area contributed by atoms with E-state index in [4.69, 9.17) is 9.47 Å². The molecular weight excluding hydrogens is 467 g/mol. The zero-order valence-corrected chi connectivity index (χ0v) is 18.7. The minimum absolute atomic E-state index is 0.0312. The van der Waals surface area contributed by atoms with Gasteiger partial charge in [-0.25, -0.2) is 26.7 Å². The molecule has 35 heavy (non-hydrogen) atoms. The second-order valence-electron chi connectivity index (χ2n) is 7.94. The van der Waals surface area contributed by atoms with Crippen LogP contribution in [0, 0.1) is 17.5 Å². The summed E-state index contributed by atoms with van der Waals surface area (Å²) in [6, 6.07) is 8.55. The number of carbonyl (C=O) groups excluding carboxylic acids is 1. The van der Waals surface area contributed by atoms with Gasteiger partial charge in [-0.3, -0.25) is 0 Å². The predicted octanol–water partition coefficient (Wildman–Crippen LogP) is 7.54. The van der Waals surface area contributed by atoms with Crippen LogP contribution in [0.25, 0.3) is 11.1 Å². The van der Waals surface area contributed by atoms with Gasteiger partial charge >= 0.3 is 5.97 Å². The molecule has 0 heterocycles. The molecule has 0 radical (unpaired) electrons.